The molecule has 0 spiro atoms. The molecule has 248 valence electrons. The Morgan fingerprint density at radius 2 is 1.33 bits per heavy atom. The molecule has 0 N–H and O–H groups in total. The van der Waals surface area contributed by atoms with Crippen LogP contribution in [0, 0.1) is 0 Å². The molecule has 0 bridgehead atoms. The molecule has 1 aliphatic rings. The van der Waals surface area contributed by atoms with Crippen molar-refractivity contribution in [3.8, 4) is 11.1 Å². The number of hydrogen-bond acceptors (Lipinski definition) is 5. The molecule has 2 aromatic rings. The van der Waals surface area contributed by atoms with Gasteiger partial charge in [0.05, 0.1) is 18.6 Å². The van der Waals surface area contributed by atoms with E-state index in [1.807, 2.05) is 24.3 Å². The number of ether oxygens (including phenoxy) is 1. The summed E-state index contributed by atoms with van der Waals surface area (Å²) in [7, 11) is -2.87. The minimum absolute atomic E-state index is 0.00715. The molecule has 1 amide bonds. The average Bonchev–Trinajstić information content (AvgIpc) is 3.05. The number of halogens is 1. The maximum atomic E-state index is 13.6. The Kier molecular flexibility index (Phi) is 16.3. The summed E-state index contributed by atoms with van der Waals surface area (Å²) in [6.45, 7) is 2.36. The standard InChI is InChI=1S/C36H51BrN2O5S/c1-3-4-5-6-7-8-9-10-11-12-13-14-15-16-17-18-27-38-28-34(36(41)44-2)39(29-35(38)40)45(42,43)33-25-21-31(22-26-33)30-19-23-32(37)24-20-30/h10-11,19-26,34H,3-9,12-18,27-29H2,1-2H3. The monoisotopic (exact) mass is 702 g/mol. The smallest absolute Gasteiger partial charge is 0.326 e. The minimum atomic E-state index is -4.11. The Balaban J connectivity index is 1.41. The van der Waals surface area contributed by atoms with E-state index in [0.717, 1.165) is 52.0 Å². The SMILES string of the molecule is CCCCCCCCC=CCCCCCCCCN1CC(C(=O)OC)N(S(=O)(=O)c2ccc(-c3ccc(Br)cc3)cc2)CC1=O. The average molecular weight is 704 g/mol. The summed E-state index contributed by atoms with van der Waals surface area (Å²) in [5, 5.41) is 0. The van der Waals surface area contributed by atoms with Gasteiger partial charge in [0.2, 0.25) is 15.9 Å². The largest absolute Gasteiger partial charge is 0.468 e. The number of piperazine rings is 1. The van der Waals surface area contributed by atoms with Gasteiger partial charge >= 0.3 is 5.97 Å². The quantitative estimate of drug-likeness (QED) is 0.0785. The lowest BCUT2D eigenvalue weighted by molar-refractivity contribution is -0.151. The van der Waals surface area contributed by atoms with Crippen LogP contribution in [-0.4, -0.2) is 62.3 Å². The summed E-state index contributed by atoms with van der Waals surface area (Å²) in [6.07, 6.45) is 21.5. The fourth-order valence-corrected chi connectivity index (χ4v) is 7.47. The first-order chi connectivity index (χ1) is 21.8. The molecule has 0 saturated carbocycles. The molecule has 0 aliphatic carbocycles. The van der Waals surface area contributed by atoms with E-state index in [1.54, 1.807) is 17.0 Å². The van der Waals surface area contributed by atoms with Crippen molar-refractivity contribution in [3.63, 3.8) is 0 Å². The van der Waals surface area contributed by atoms with Gasteiger partial charge in [0.1, 0.15) is 6.04 Å². The van der Waals surface area contributed by atoms with Gasteiger partial charge in [-0.1, -0.05) is 117 Å². The van der Waals surface area contributed by atoms with Crippen molar-refractivity contribution < 1.29 is 22.7 Å². The second-order valence-corrected chi connectivity index (χ2v) is 14.7. The number of esters is 1. The topological polar surface area (TPSA) is 84.0 Å². The summed E-state index contributed by atoms with van der Waals surface area (Å²) in [5.74, 6) is -0.957. The van der Waals surface area contributed by atoms with E-state index in [9.17, 15) is 18.0 Å². The van der Waals surface area contributed by atoms with E-state index in [4.69, 9.17) is 4.74 Å². The first kappa shape index (κ1) is 37.0. The second-order valence-electron chi connectivity index (χ2n) is 11.9. The van der Waals surface area contributed by atoms with E-state index in [2.05, 4.69) is 35.0 Å². The molecular weight excluding hydrogens is 652 g/mol. The van der Waals surface area contributed by atoms with Crippen LogP contribution in [-0.2, 0) is 24.3 Å². The molecule has 3 rings (SSSR count). The lowest BCUT2D eigenvalue weighted by atomic mass is 10.1. The molecular formula is C36H51BrN2O5S. The fraction of sp³-hybridized carbons (Fsp3) is 0.556. The van der Waals surface area contributed by atoms with Crippen molar-refractivity contribution >= 4 is 37.8 Å². The predicted octanol–water partition coefficient (Wildman–Crippen LogP) is 8.53. The summed E-state index contributed by atoms with van der Waals surface area (Å²) >= 11 is 3.42. The van der Waals surface area contributed by atoms with Crippen LogP contribution in [0.3, 0.4) is 0 Å². The number of methoxy groups -OCH3 is 1. The van der Waals surface area contributed by atoms with Crippen LogP contribution in [0.1, 0.15) is 96.8 Å². The highest BCUT2D eigenvalue weighted by atomic mass is 79.9. The lowest BCUT2D eigenvalue weighted by Crippen LogP contribution is -2.60. The van der Waals surface area contributed by atoms with E-state index in [-0.39, 0.29) is 23.9 Å². The van der Waals surface area contributed by atoms with Crippen molar-refractivity contribution in [3.05, 3.63) is 65.2 Å². The van der Waals surface area contributed by atoms with Crippen LogP contribution in [0.2, 0.25) is 0 Å². The molecule has 1 aliphatic heterocycles. The molecule has 1 atom stereocenters. The zero-order valence-corrected chi connectivity index (χ0v) is 29.5. The Morgan fingerprint density at radius 3 is 1.89 bits per heavy atom. The van der Waals surface area contributed by atoms with E-state index in [1.165, 1.54) is 77.0 Å². The van der Waals surface area contributed by atoms with Crippen LogP contribution in [0.15, 0.2) is 70.1 Å². The third-order valence-corrected chi connectivity index (χ3v) is 10.8. The normalized spacial score (nSPS) is 16.0. The molecule has 0 radical (unpaired) electrons. The summed E-state index contributed by atoms with van der Waals surface area (Å²) in [5.41, 5.74) is 1.81. The van der Waals surface area contributed by atoms with Gasteiger partial charge < -0.3 is 9.64 Å². The summed E-state index contributed by atoms with van der Waals surface area (Å²) in [6, 6.07) is 13.1. The first-order valence-corrected chi connectivity index (χ1v) is 18.9. The number of allylic oxidation sites excluding steroid dienone is 2. The van der Waals surface area contributed by atoms with Crippen molar-refractivity contribution in [2.75, 3.05) is 26.7 Å². The molecule has 9 heteroatoms. The molecule has 1 unspecified atom stereocenters. The van der Waals surface area contributed by atoms with Crippen LogP contribution in [0.4, 0.5) is 0 Å². The number of benzene rings is 2. The van der Waals surface area contributed by atoms with Gasteiger partial charge in [0, 0.05) is 17.6 Å². The number of unbranched alkanes of at least 4 members (excludes halogenated alkanes) is 12. The number of hydrogen-bond donors (Lipinski definition) is 0. The summed E-state index contributed by atoms with van der Waals surface area (Å²) in [4.78, 5) is 27.4. The number of nitrogens with zero attached hydrogens (tertiary/aromatic N) is 2. The first-order valence-electron chi connectivity index (χ1n) is 16.7. The van der Waals surface area contributed by atoms with Crippen molar-refractivity contribution in [1.82, 2.24) is 9.21 Å². The zero-order valence-electron chi connectivity index (χ0n) is 27.1. The maximum Gasteiger partial charge on any atom is 0.326 e. The molecule has 7 nitrogen and oxygen atoms in total. The lowest BCUT2D eigenvalue weighted by Gasteiger charge is -2.38. The number of amides is 1. The Bertz CT molecular complexity index is 1310. The highest BCUT2D eigenvalue weighted by molar-refractivity contribution is 9.10. The third-order valence-electron chi connectivity index (χ3n) is 8.44. The predicted molar refractivity (Wildman–Crippen MR) is 185 cm³/mol. The van der Waals surface area contributed by atoms with Crippen molar-refractivity contribution in [2.45, 2.75) is 108 Å². The van der Waals surface area contributed by atoms with Crippen LogP contribution in [0.5, 0.6) is 0 Å². The van der Waals surface area contributed by atoms with E-state index < -0.39 is 22.0 Å². The number of carbonyl (C=O) groups excluding carboxylic acids is 2. The summed E-state index contributed by atoms with van der Waals surface area (Å²) < 4.78 is 34.1. The third kappa shape index (κ3) is 12.0. The molecule has 45 heavy (non-hydrogen) atoms. The highest BCUT2D eigenvalue weighted by Crippen LogP contribution is 2.27. The molecule has 2 aromatic carbocycles. The van der Waals surface area contributed by atoms with Gasteiger partial charge in [-0.2, -0.15) is 4.31 Å². The van der Waals surface area contributed by atoms with Crippen LogP contribution < -0.4 is 0 Å². The number of carbonyl (C=O) groups is 2. The van der Waals surface area contributed by atoms with E-state index >= 15 is 0 Å². The fourth-order valence-electron chi connectivity index (χ4n) is 5.69. The van der Waals surface area contributed by atoms with Crippen LogP contribution >= 0.6 is 15.9 Å². The van der Waals surface area contributed by atoms with E-state index in [0.29, 0.717) is 6.54 Å². The molecule has 1 heterocycles. The van der Waals surface area contributed by atoms with Crippen molar-refractivity contribution in [2.24, 2.45) is 0 Å². The Hall–Kier alpha value is -2.49. The molecule has 0 aromatic heterocycles. The molecule has 1 fully saturated rings. The van der Waals surface area contributed by atoms with Gasteiger partial charge in [0.25, 0.3) is 0 Å². The van der Waals surface area contributed by atoms with Gasteiger partial charge in [-0.15, -0.1) is 0 Å². The second kappa shape index (κ2) is 19.9. The zero-order chi connectivity index (χ0) is 32.5. The van der Waals surface area contributed by atoms with Gasteiger partial charge in [-0.3, -0.25) is 9.59 Å². The van der Waals surface area contributed by atoms with Gasteiger partial charge in [0.15, 0.2) is 0 Å². The number of sulfonamides is 1. The van der Waals surface area contributed by atoms with Gasteiger partial charge in [-0.05, 0) is 67.5 Å². The molecule has 1 saturated heterocycles. The highest BCUT2D eigenvalue weighted by Gasteiger charge is 2.43. The van der Waals surface area contributed by atoms with Crippen LogP contribution in [0.25, 0.3) is 11.1 Å². The van der Waals surface area contributed by atoms with Crippen molar-refractivity contribution in [1.29, 1.82) is 0 Å². The Morgan fingerprint density at radius 1 is 0.822 bits per heavy atom. The number of rotatable bonds is 20. The minimum Gasteiger partial charge on any atom is -0.468 e. The maximum absolute atomic E-state index is 13.6. The van der Waals surface area contributed by atoms with Gasteiger partial charge in [-0.25, -0.2) is 8.42 Å². The Labute approximate surface area is 279 Å².